The van der Waals surface area contributed by atoms with Crippen LogP contribution in [-0.2, 0) is 10.2 Å². The molecule has 1 N–H and O–H groups in total. The predicted octanol–water partition coefficient (Wildman–Crippen LogP) is 2.23. The molecular weight excluding hydrogens is 334 g/mol. The van der Waals surface area contributed by atoms with E-state index in [0.29, 0.717) is 38.0 Å². The van der Waals surface area contributed by atoms with Gasteiger partial charge in [-0.1, -0.05) is 5.16 Å². The standard InChI is InChI=1S/C18H25N5O3/c1-3-20-17(24)23-11-6-18(7-12-23,8-13-25-2)16-21-15(26-22-16)14-4-9-19-10-5-14/h4-5,9-10H,3,6-8,11-13H2,1-2H3,(H,20,24). The minimum Gasteiger partial charge on any atom is -0.385 e. The van der Waals surface area contributed by atoms with Gasteiger partial charge >= 0.3 is 6.03 Å². The fourth-order valence-corrected chi connectivity index (χ4v) is 3.33. The molecule has 0 atom stereocenters. The van der Waals surface area contributed by atoms with E-state index in [1.165, 1.54) is 0 Å². The Bertz CT molecular complexity index is 711. The largest absolute Gasteiger partial charge is 0.385 e. The van der Waals surface area contributed by atoms with Crippen LogP contribution in [0.1, 0.15) is 32.0 Å². The summed E-state index contributed by atoms with van der Waals surface area (Å²) < 4.78 is 10.8. The van der Waals surface area contributed by atoms with Crippen molar-refractivity contribution >= 4 is 6.03 Å². The number of aromatic nitrogens is 3. The Balaban J connectivity index is 1.79. The lowest BCUT2D eigenvalue weighted by Crippen LogP contribution is -2.49. The summed E-state index contributed by atoms with van der Waals surface area (Å²) in [5.41, 5.74) is 0.605. The third kappa shape index (κ3) is 3.85. The first-order valence-electron chi connectivity index (χ1n) is 8.95. The van der Waals surface area contributed by atoms with Gasteiger partial charge in [-0.25, -0.2) is 4.79 Å². The summed E-state index contributed by atoms with van der Waals surface area (Å²) in [6.45, 7) is 4.48. The highest BCUT2D eigenvalue weighted by Gasteiger charge is 2.41. The lowest BCUT2D eigenvalue weighted by molar-refractivity contribution is 0.114. The second-order valence-corrected chi connectivity index (χ2v) is 6.50. The van der Waals surface area contributed by atoms with Crippen LogP contribution in [0.4, 0.5) is 4.79 Å². The van der Waals surface area contributed by atoms with Gasteiger partial charge in [0.15, 0.2) is 5.82 Å². The molecule has 0 aromatic carbocycles. The van der Waals surface area contributed by atoms with Crippen molar-refractivity contribution in [1.82, 2.24) is 25.3 Å². The van der Waals surface area contributed by atoms with Crippen LogP contribution in [0.5, 0.6) is 0 Å². The average Bonchev–Trinajstić information content (AvgIpc) is 3.18. The number of pyridine rings is 1. The van der Waals surface area contributed by atoms with E-state index in [2.05, 4.69) is 20.4 Å². The monoisotopic (exact) mass is 359 g/mol. The van der Waals surface area contributed by atoms with Crippen LogP contribution in [0.2, 0.25) is 0 Å². The number of likely N-dealkylation sites (tertiary alicyclic amines) is 1. The zero-order valence-corrected chi connectivity index (χ0v) is 15.3. The normalized spacial score (nSPS) is 16.5. The molecular formula is C18H25N5O3. The van der Waals surface area contributed by atoms with Crippen LogP contribution in [0, 0.1) is 0 Å². The summed E-state index contributed by atoms with van der Waals surface area (Å²) in [6, 6.07) is 3.67. The van der Waals surface area contributed by atoms with Gasteiger partial charge in [0.05, 0.1) is 0 Å². The van der Waals surface area contributed by atoms with E-state index in [-0.39, 0.29) is 11.4 Å². The van der Waals surface area contributed by atoms with Gasteiger partial charge < -0.3 is 19.5 Å². The van der Waals surface area contributed by atoms with Gasteiger partial charge in [-0.05, 0) is 38.3 Å². The molecule has 2 aromatic heterocycles. The predicted molar refractivity (Wildman–Crippen MR) is 95.6 cm³/mol. The Labute approximate surface area is 152 Å². The first-order chi connectivity index (χ1) is 12.7. The first kappa shape index (κ1) is 18.3. The number of piperidine rings is 1. The third-order valence-corrected chi connectivity index (χ3v) is 4.95. The molecule has 140 valence electrons. The number of rotatable bonds is 6. The maximum absolute atomic E-state index is 12.1. The second-order valence-electron chi connectivity index (χ2n) is 6.50. The van der Waals surface area contributed by atoms with Crippen molar-refractivity contribution in [3.63, 3.8) is 0 Å². The molecule has 0 spiro atoms. The van der Waals surface area contributed by atoms with Crippen LogP contribution in [-0.4, -0.2) is 59.4 Å². The summed E-state index contributed by atoms with van der Waals surface area (Å²) in [5.74, 6) is 1.18. The molecule has 3 rings (SSSR count). The first-order valence-corrected chi connectivity index (χ1v) is 8.95. The van der Waals surface area contributed by atoms with Gasteiger partial charge in [0.1, 0.15) is 0 Å². The SMILES string of the molecule is CCNC(=O)N1CCC(CCOC)(c2noc(-c3ccncc3)n2)CC1. The summed E-state index contributed by atoms with van der Waals surface area (Å²) in [4.78, 5) is 22.6. The lowest BCUT2D eigenvalue weighted by atomic mass is 9.75. The van der Waals surface area contributed by atoms with Gasteiger partial charge in [-0.15, -0.1) is 0 Å². The number of carbonyl (C=O) groups excluding carboxylic acids is 1. The highest BCUT2D eigenvalue weighted by Crippen LogP contribution is 2.38. The number of amides is 2. The van der Waals surface area contributed by atoms with Crippen molar-refractivity contribution in [3.8, 4) is 11.5 Å². The average molecular weight is 359 g/mol. The maximum Gasteiger partial charge on any atom is 0.317 e. The Morgan fingerprint density at radius 3 is 2.73 bits per heavy atom. The molecule has 1 fully saturated rings. The molecule has 2 amide bonds. The minimum atomic E-state index is -0.242. The molecule has 1 aliphatic rings. The van der Waals surface area contributed by atoms with Gasteiger partial charge in [0, 0.05) is 56.7 Å². The smallest absolute Gasteiger partial charge is 0.317 e. The van der Waals surface area contributed by atoms with E-state index in [1.54, 1.807) is 19.5 Å². The van der Waals surface area contributed by atoms with Crippen molar-refractivity contribution in [1.29, 1.82) is 0 Å². The van der Waals surface area contributed by atoms with Crippen LogP contribution in [0.25, 0.3) is 11.5 Å². The highest BCUT2D eigenvalue weighted by molar-refractivity contribution is 5.74. The van der Waals surface area contributed by atoms with Crippen LogP contribution >= 0.6 is 0 Å². The summed E-state index contributed by atoms with van der Waals surface area (Å²) >= 11 is 0. The van der Waals surface area contributed by atoms with Crippen molar-refractivity contribution in [2.45, 2.75) is 31.6 Å². The topological polar surface area (TPSA) is 93.4 Å². The van der Waals surface area contributed by atoms with Gasteiger partial charge in [-0.2, -0.15) is 4.98 Å². The van der Waals surface area contributed by atoms with Crippen LogP contribution in [0.15, 0.2) is 29.0 Å². The van der Waals surface area contributed by atoms with Crippen molar-refractivity contribution in [3.05, 3.63) is 30.4 Å². The maximum atomic E-state index is 12.1. The summed E-state index contributed by atoms with van der Waals surface area (Å²) in [7, 11) is 1.69. The number of methoxy groups -OCH3 is 1. The Hall–Kier alpha value is -2.48. The number of carbonyl (C=O) groups is 1. The van der Waals surface area contributed by atoms with Gasteiger partial charge in [0.2, 0.25) is 0 Å². The molecule has 0 unspecified atom stereocenters. The molecule has 8 nitrogen and oxygen atoms in total. The molecule has 1 saturated heterocycles. The van der Waals surface area contributed by atoms with Gasteiger partial charge in [-0.3, -0.25) is 4.98 Å². The molecule has 26 heavy (non-hydrogen) atoms. The Morgan fingerprint density at radius 2 is 2.08 bits per heavy atom. The van der Waals surface area contributed by atoms with E-state index in [4.69, 9.17) is 9.26 Å². The molecule has 2 aromatic rings. The fraction of sp³-hybridized carbons (Fsp3) is 0.556. The number of nitrogens with one attached hydrogen (secondary N) is 1. The fourth-order valence-electron chi connectivity index (χ4n) is 3.33. The second kappa shape index (κ2) is 8.27. The molecule has 3 heterocycles. The van der Waals surface area contributed by atoms with Crippen molar-refractivity contribution < 1.29 is 14.1 Å². The minimum absolute atomic E-state index is 0.0153. The zero-order valence-electron chi connectivity index (χ0n) is 15.3. The number of urea groups is 1. The Morgan fingerprint density at radius 1 is 1.35 bits per heavy atom. The van der Waals surface area contributed by atoms with E-state index in [9.17, 15) is 4.79 Å². The third-order valence-electron chi connectivity index (χ3n) is 4.95. The van der Waals surface area contributed by atoms with Crippen LogP contribution < -0.4 is 5.32 Å². The van der Waals surface area contributed by atoms with Crippen LogP contribution in [0.3, 0.4) is 0 Å². The number of ether oxygens (including phenoxy) is 1. The summed E-state index contributed by atoms with van der Waals surface area (Å²) in [5, 5.41) is 7.12. The van der Waals surface area contributed by atoms with E-state index < -0.39 is 0 Å². The van der Waals surface area contributed by atoms with Crippen molar-refractivity contribution in [2.24, 2.45) is 0 Å². The molecule has 1 aliphatic heterocycles. The lowest BCUT2D eigenvalue weighted by Gasteiger charge is -2.39. The molecule has 0 bridgehead atoms. The number of hydrogen-bond donors (Lipinski definition) is 1. The summed E-state index contributed by atoms with van der Waals surface area (Å²) in [6.07, 6.45) is 5.75. The van der Waals surface area contributed by atoms with Gasteiger partial charge in [0.25, 0.3) is 5.89 Å². The van der Waals surface area contributed by atoms with E-state index >= 15 is 0 Å². The number of nitrogens with zero attached hydrogens (tertiary/aromatic N) is 4. The number of hydrogen-bond acceptors (Lipinski definition) is 6. The van der Waals surface area contributed by atoms with Crippen molar-refractivity contribution in [2.75, 3.05) is 33.4 Å². The zero-order chi connectivity index (χ0) is 18.4. The quantitative estimate of drug-likeness (QED) is 0.850. The van der Waals surface area contributed by atoms with E-state index in [0.717, 1.165) is 24.8 Å². The molecule has 0 saturated carbocycles. The highest BCUT2D eigenvalue weighted by atomic mass is 16.5. The molecule has 0 radical (unpaired) electrons. The molecule has 8 heteroatoms. The molecule has 0 aliphatic carbocycles. The van der Waals surface area contributed by atoms with E-state index in [1.807, 2.05) is 24.0 Å². The Kier molecular flexibility index (Phi) is 5.82.